The lowest BCUT2D eigenvalue weighted by atomic mass is 9.97. The lowest BCUT2D eigenvalue weighted by Crippen LogP contribution is -2.44. The molecule has 3 rings (SSSR count). The van der Waals surface area contributed by atoms with Crippen LogP contribution in [0.2, 0.25) is 0 Å². The minimum Gasteiger partial charge on any atom is -0.469 e. The van der Waals surface area contributed by atoms with Crippen molar-refractivity contribution in [2.75, 3.05) is 32.3 Å². The van der Waals surface area contributed by atoms with Gasteiger partial charge in [-0.2, -0.15) is 0 Å². The highest BCUT2D eigenvalue weighted by Gasteiger charge is 2.71. The van der Waals surface area contributed by atoms with E-state index in [1.165, 1.54) is 7.11 Å². The van der Waals surface area contributed by atoms with Crippen molar-refractivity contribution in [1.29, 1.82) is 0 Å². The maximum Gasteiger partial charge on any atom is 0.314 e. The Morgan fingerprint density at radius 1 is 1.68 bits per heavy atom. The maximum absolute atomic E-state index is 12.1. The highest BCUT2D eigenvalue weighted by molar-refractivity contribution is 9.10. The zero-order valence-corrected chi connectivity index (χ0v) is 13.2. The van der Waals surface area contributed by atoms with Gasteiger partial charge in [0.2, 0.25) is 0 Å². The first kappa shape index (κ1) is 13.3. The number of halogens is 1. The normalized spacial score (nSPS) is 32.3. The van der Waals surface area contributed by atoms with Crippen LogP contribution < -0.4 is 4.90 Å². The number of hydrogen-bond acceptors (Lipinski definition) is 6. The second-order valence-electron chi connectivity index (χ2n) is 5.01. The molecule has 3 atom stereocenters. The van der Waals surface area contributed by atoms with E-state index in [4.69, 9.17) is 9.47 Å². The number of anilines is 1. The first-order valence-electron chi connectivity index (χ1n) is 6.08. The Bertz CT molecular complexity index is 509. The number of thiazole rings is 1. The summed E-state index contributed by atoms with van der Waals surface area (Å²) in [6.07, 6.45) is 0.900. The number of hydrogen-bond donors (Lipinski definition) is 0. The molecule has 1 aliphatic carbocycles. The van der Waals surface area contributed by atoms with Gasteiger partial charge in [0.1, 0.15) is 4.60 Å². The average molecular weight is 347 g/mol. The van der Waals surface area contributed by atoms with Gasteiger partial charge in [-0.25, -0.2) is 4.98 Å². The smallest absolute Gasteiger partial charge is 0.314 e. The van der Waals surface area contributed by atoms with Crippen molar-refractivity contribution in [2.24, 2.45) is 11.3 Å². The van der Waals surface area contributed by atoms with Gasteiger partial charge in [0.05, 0.1) is 25.2 Å². The fourth-order valence-corrected chi connectivity index (χ4v) is 4.50. The van der Waals surface area contributed by atoms with Crippen molar-refractivity contribution < 1.29 is 14.3 Å². The summed E-state index contributed by atoms with van der Waals surface area (Å²) in [6, 6.07) is 0.0213. The van der Waals surface area contributed by atoms with Crippen molar-refractivity contribution in [3.05, 3.63) is 9.98 Å². The number of carbonyl (C=O) groups excluding carboxylic acids is 1. The quantitative estimate of drug-likeness (QED) is 0.779. The van der Waals surface area contributed by atoms with Crippen LogP contribution in [-0.4, -0.2) is 44.4 Å². The van der Waals surface area contributed by atoms with E-state index in [1.807, 2.05) is 5.38 Å². The Hall–Kier alpha value is -0.660. The number of fused-ring (bicyclic) bond motifs is 1. The summed E-state index contributed by atoms with van der Waals surface area (Å²) < 4.78 is 11.1. The predicted molar refractivity (Wildman–Crippen MR) is 75.4 cm³/mol. The zero-order chi connectivity index (χ0) is 13.6. The van der Waals surface area contributed by atoms with Crippen molar-refractivity contribution in [1.82, 2.24) is 4.98 Å². The van der Waals surface area contributed by atoms with Crippen LogP contribution in [0.25, 0.3) is 0 Å². The topological polar surface area (TPSA) is 51.7 Å². The molecule has 1 aromatic rings. The zero-order valence-electron chi connectivity index (χ0n) is 10.8. The lowest BCUT2D eigenvalue weighted by molar-refractivity contribution is -0.148. The van der Waals surface area contributed by atoms with E-state index >= 15 is 0 Å². The number of piperidine rings is 1. The summed E-state index contributed by atoms with van der Waals surface area (Å²) in [4.78, 5) is 18.7. The fraction of sp³-hybridized carbons (Fsp3) is 0.667. The minimum atomic E-state index is -0.386. The molecule has 0 aromatic carbocycles. The third kappa shape index (κ3) is 1.90. The highest BCUT2D eigenvalue weighted by Crippen LogP contribution is 2.63. The van der Waals surface area contributed by atoms with Crippen molar-refractivity contribution >= 4 is 38.4 Å². The molecule has 0 radical (unpaired) electrons. The molecule has 7 heteroatoms. The average Bonchev–Trinajstić information content (AvgIpc) is 2.82. The standard InChI is InChI=1S/C12H15BrN2O3S/c1-17-5-8-12(10(16)18-2)3-7(12)4-15(8)11-14-9(13)6-19-11/h6-8H,3-5H2,1-2H3/t7?,8-,12-/m1/s1. The van der Waals surface area contributed by atoms with Crippen molar-refractivity contribution in [3.8, 4) is 0 Å². The van der Waals surface area contributed by atoms with E-state index in [0.717, 1.165) is 22.7 Å². The summed E-state index contributed by atoms with van der Waals surface area (Å²) in [5.41, 5.74) is -0.386. The van der Waals surface area contributed by atoms with Crippen LogP contribution in [0.4, 0.5) is 5.13 Å². The second-order valence-corrected chi connectivity index (χ2v) is 6.66. The first-order valence-corrected chi connectivity index (χ1v) is 7.75. The van der Waals surface area contributed by atoms with Gasteiger partial charge in [-0.1, -0.05) is 0 Å². The molecule has 104 valence electrons. The van der Waals surface area contributed by atoms with Gasteiger partial charge in [-0.15, -0.1) is 11.3 Å². The molecule has 0 amide bonds. The molecule has 0 spiro atoms. The lowest BCUT2D eigenvalue weighted by Gasteiger charge is -2.30. The van der Waals surface area contributed by atoms with Crippen LogP contribution >= 0.6 is 27.3 Å². The minimum absolute atomic E-state index is 0.0213. The van der Waals surface area contributed by atoms with Crippen LogP contribution in [0, 0.1) is 11.3 Å². The second kappa shape index (κ2) is 4.71. The van der Waals surface area contributed by atoms with E-state index in [1.54, 1.807) is 18.4 Å². The summed E-state index contributed by atoms with van der Waals surface area (Å²) in [5.74, 6) is 0.250. The summed E-state index contributed by atoms with van der Waals surface area (Å²) in [5, 5.41) is 2.89. The Kier molecular flexibility index (Phi) is 3.31. The molecule has 1 saturated heterocycles. The number of nitrogens with zero attached hydrogens (tertiary/aromatic N) is 2. The number of methoxy groups -OCH3 is 2. The largest absolute Gasteiger partial charge is 0.469 e. The highest BCUT2D eigenvalue weighted by atomic mass is 79.9. The Balaban J connectivity index is 1.90. The van der Waals surface area contributed by atoms with Gasteiger partial charge in [0.25, 0.3) is 0 Å². The Morgan fingerprint density at radius 3 is 3.05 bits per heavy atom. The monoisotopic (exact) mass is 346 g/mol. The number of aromatic nitrogens is 1. The van der Waals surface area contributed by atoms with Gasteiger partial charge in [-0.05, 0) is 28.3 Å². The molecular formula is C12H15BrN2O3S. The number of rotatable bonds is 4. The SMILES string of the molecule is COC[C@H]1N(c2nc(Br)cs2)CC2C[C@@]21C(=O)OC. The third-order valence-corrected chi connectivity index (χ3v) is 5.73. The van der Waals surface area contributed by atoms with Crippen molar-refractivity contribution in [2.45, 2.75) is 12.5 Å². The predicted octanol–water partition coefficient (Wildman–Crippen LogP) is 1.92. The van der Waals surface area contributed by atoms with Gasteiger partial charge in [-0.3, -0.25) is 4.79 Å². The van der Waals surface area contributed by atoms with E-state index < -0.39 is 0 Å². The summed E-state index contributed by atoms with van der Waals surface area (Å²) in [7, 11) is 3.12. The molecule has 2 fully saturated rings. The Labute approximate surface area is 124 Å². The van der Waals surface area contributed by atoms with E-state index in [2.05, 4.69) is 25.8 Å². The summed E-state index contributed by atoms with van der Waals surface area (Å²) >= 11 is 4.95. The van der Waals surface area contributed by atoms with Gasteiger partial charge in [0.15, 0.2) is 5.13 Å². The molecule has 2 aliphatic rings. The third-order valence-electron chi connectivity index (χ3n) is 4.14. The van der Waals surface area contributed by atoms with Gasteiger partial charge >= 0.3 is 5.97 Å². The molecule has 1 unspecified atom stereocenters. The van der Waals surface area contributed by atoms with E-state index in [9.17, 15) is 4.79 Å². The van der Waals surface area contributed by atoms with Gasteiger partial charge < -0.3 is 14.4 Å². The number of ether oxygens (including phenoxy) is 2. The molecule has 1 saturated carbocycles. The maximum atomic E-state index is 12.1. The molecule has 0 bridgehead atoms. The van der Waals surface area contributed by atoms with Crippen LogP contribution in [0.1, 0.15) is 6.42 Å². The van der Waals surface area contributed by atoms with Crippen LogP contribution in [0.5, 0.6) is 0 Å². The number of esters is 1. The molecule has 5 nitrogen and oxygen atoms in total. The van der Waals surface area contributed by atoms with Crippen LogP contribution in [0.3, 0.4) is 0 Å². The van der Waals surface area contributed by atoms with Crippen LogP contribution in [-0.2, 0) is 14.3 Å². The molecule has 1 aromatic heterocycles. The van der Waals surface area contributed by atoms with E-state index in [-0.39, 0.29) is 17.4 Å². The van der Waals surface area contributed by atoms with Crippen molar-refractivity contribution in [3.63, 3.8) is 0 Å². The van der Waals surface area contributed by atoms with Gasteiger partial charge in [0, 0.05) is 19.0 Å². The van der Waals surface area contributed by atoms with E-state index in [0.29, 0.717) is 12.5 Å². The number of carbonyl (C=O) groups is 1. The Morgan fingerprint density at radius 2 is 2.47 bits per heavy atom. The first-order chi connectivity index (χ1) is 9.13. The molecule has 0 N–H and O–H groups in total. The van der Waals surface area contributed by atoms with Crippen LogP contribution in [0.15, 0.2) is 9.98 Å². The molecule has 2 heterocycles. The molecular weight excluding hydrogens is 332 g/mol. The fourth-order valence-electron chi connectivity index (χ4n) is 3.19. The molecule has 1 aliphatic heterocycles. The summed E-state index contributed by atoms with van der Waals surface area (Å²) in [6.45, 7) is 1.37. The molecule has 19 heavy (non-hydrogen) atoms.